The summed E-state index contributed by atoms with van der Waals surface area (Å²) in [6, 6.07) is 6.67. The topological polar surface area (TPSA) is 46.2 Å². The number of alkyl halides is 1. The van der Waals surface area contributed by atoms with Crippen LogP contribution in [0.4, 0.5) is 0 Å². The second-order valence-electron chi connectivity index (χ2n) is 4.51. The van der Waals surface area contributed by atoms with E-state index in [0.29, 0.717) is 22.2 Å². The molecule has 18 heavy (non-hydrogen) atoms. The summed E-state index contributed by atoms with van der Waals surface area (Å²) in [6.45, 7) is 0.508. The van der Waals surface area contributed by atoms with Crippen LogP contribution < -0.4 is 4.72 Å². The third kappa shape index (κ3) is 3.56. The Labute approximate surface area is 125 Å². The van der Waals surface area contributed by atoms with Gasteiger partial charge in [0.2, 0.25) is 10.0 Å². The normalized spacial score (nSPS) is 24.3. The molecule has 0 saturated heterocycles. The van der Waals surface area contributed by atoms with Crippen LogP contribution in [0, 0.1) is 5.92 Å². The molecule has 2 atom stereocenters. The summed E-state index contributed by atoms with van der Waals surface area (Å²) < 4.78 is 27.7. The van der Waals surface area contributed by atoms with Crippen LogP contribution in [0.2, 0.25) is 0 Å². The Bertz CT molecular complexity index is 501. The Balaban J connectivity index is 2.01. The van der Waals surface area contributed by atoms with Gasteiger partial charge in [0.25, 0.3) is 0 Å². The lowest BCUT2D eigenvalue weighted by Gasteiger charge is -2.14. The molecule has 0 aliphatic heterocycles. The number of nitrogens with one attached hydrogen (secondary N) is 1. The van der Waals surface area contributed by atoms with Gasteiger partial charge in [0.05, 0.1) is 4.90 Å². The molecule has 0 spiro atoms. The van der Waals surface area contributed by atoms with Crippen LogP contribution >= 0.6 is 31.9 Å². The van der Waals surface area contributed by atoms with Gasteiger partial charge in [-0.15, -0.1) is 0 Å². The van der Waals surface area contributed by atoms with E-state index in [1.165, 1.54) is 6.42 Å². The van der Waals surface area contributed by atoms with Gasteiger partial charge in [0, 0.05) is 15.8 Å². The number of halogens is 2. The molecule has 2 unspecified atom stereocenters. The van der Waals surface area contributed by atoms with E-state index in [-0.39, 0.29) is 0 Å². The molecule has 1 aromatic rings. The Hall–Kier alpha value is 0.0900. The summed E-state index contributed by atoms with van der Waals surface area (Å²) >= 11 is 6.89. The maximum absolute atomic E-state index is 12.1. The zero-order valence-corrected chi connectivity index (χ0v) is 13.8. The Morgan fingerprint density at radius 3 is 2.44 bits per heavy atom. The van der Waals surface area contributed by atoms with Gasteiger partial charge < -0.3 is 0 Å². The first kappa shape index (κ1) is 14.5. The van der Waals surface area contributed by atoms with Gasteiger partial charge in [-0.2, -0.15) is 0 Å². The zero-order valence-electron chi connectivity index (χ0n) is 9.77. The molecule has 3 nitrogen and oxygen atoms in total. The van der Waals surface area contributed by atoms with Crippen molar-refractivity contribution in [1.29, 1.82) is 0 Å². The molecular formula is C12H15Br2NO2S. The van der Waals surface area contributed by atoms with E-state index in [1.54, 1.807) is 24.3 Å². The number of benzene rings is 1. The molecule has 0 heterocycles. The monoisotopic (exact) mass is 395 g/mol. The highest BCUT2D eigenvalue weighted by Gasteiger charge is 2.26. The molecule has 0 radical (unpaired) electrons. The lowest BCUT2D eigenvalue weighted by atomic mass is 10.1. The van der Waals surface area contributed by atoms with Gasteiger partial charge in [0.15, 0.2) is 0 Å². The first-order valence-electron chi connectivity index (χ1n) is 5.88. The van der Waals surface area contributed by atoms with Crippen molar-refractivity contribution in [3.63, 3.8) is 0 Å². The van der Waals surface area contributed by atoms with E-state index in [1.807, 2.05) is 0 Å². The Morgan fingerprint density at radius 1 is 1.22 bits per heavy atom. The van der Waals surface area contributed by atoms with Crippen molar-refractivity contribution in [3.8, 4) is 0 Å². The van der Waals surface area contributed by atoms with Gasteiger partial charge in [0.1, 0.15) is 0 Å². The average Bonchev–Trinajstić information content (AvgIpc) is 2.73. The molecular weight excluding hydrogens is 382 g/mol. The molecule has 0 aromatic heterocycles. The van der Waals surface area contributed by atoms with Crippen LogP contribution in [-0.4, -0.2) is 19.8 Å². The minimum atomic E-state index is -3.38. The lowest BCUT2D eigenvalue weighted by molar-refractivity contribution is 0.529. The summed E-state index contributed by atoms with van der Waals surface area (Å²) in [5, 5.41) is 0. The highest BCUT2D eigenvalue weighted by Crippen LogP contribution is 2.31. The van der Waals surface area contributed by atoms with Crippen molar-refractivity contribution in [2.24, 2.45) is 5.92 Å². The van der Waals surface area contributed by atoms with Crippen LogP contribution in [-0.2, 0) is 10.0 Å². The standard InChI is InChI=1S/C12H15Br2NO2S/c13-10-4-6-11(7-5-10)18(16,17)15-8-9-2-1-3-12(9)14/h4-7,9,12,15H,1-3,8H2. The van der Waals surface area contributed by atoms with E-state index < -0.39 is 10.0 Å². The summed E-state index contributed by atoms with van der Waals surface area (Å²) in [6.07, 6.45) is 3.38. The molecule has 6 heteroatoms. The number of rotatable bonds is 4. The van der Waals surface area contributed by atoms with Gasteiger partial charge in [-0.05, 0) is 43.0 Å². The molecule has 1 aromatic carbocycles. The van der Waals surface area contributed by atoms with Crippen LogP contribution in [0.25, 0.3) is 0 Å². The van der Waals surface area contributed by atoms with Crippen molar-refractivity contribution in [3.05, 3.63) is 28.7 Å². The SMILES string of the molecule is O=S(=O)(NCC1CCCC1Br)c1ccc(Br)cc1. The number of sulfonamides is 1. The number of hydrogen-bond acceptors (Lipinski definition) is 2. The molecule has 0 bridgehead atoms. The largest absolute Gasteiger partial charge is 0.240 e. The molecule has 0 amide bonds. The third-order valence-corrected chi connectivity index (χ3v) is 6.40. The molecule has 1 saturated carbocycles. The van der Waals surface area contributed by atoms with E-state index in [0.717, 1.165) is 17.3 Å². The van der Waals surface area contributed by atoms with Gasteiger partial charge in [-0.25, -0.2) is 13.1 Å². The fourth-order valence-corrected chi connectivity index (χ4v) is 4.27. The molecule has 2 rings (SSSR count). The van der Waals surface area contributed by atoms with E-state index in [4.69, 9.17) is 0 Å². The minimum absolute atomic E-state index is 0.315. The van der Waals surface area contributed by atoms with Crippen molar-refractivity contribution in [2.75, 3.05) is 6.54 Å². The maximum Gasteiger partial charge on any atom is 0.240 e. The van der Waals surface area contributed by atoms with Crippen LogP contribution in [0.1, 0.15) is 19.3 Å². The van der Waals surface area contributed by atoms with Crippen LogP contribution in [0.5, 0.6) is 0 Å². The maximum atomic E-state index is 12.1. The van der Waals surface area contributed by atoms with E-state index in [2.05, 4.69) is 36.6 Å². The predicted molar refractivity (Wildman–Crippen MR) is 79.4 cm³/mol. The zero-order chi connectivity index (χ0) is 13.2. The lowest BCUT2D eigenvalue weighted by Crippen LogP contribution is -2.31. The summed E-state index contributed by atoms with van der Waals surface area (Å²) in [5.41, 5.74) is 0. The van der Waals surface area contributed by atoms with Crippen LogP contribution in [0.15, 0.2) is 33.6 Å². The van der Waals surface area contributed by atoms with Crippen molar-refractivity contribution in [1.82, 2.24) is 4.72 Å². The van der Waals surface area contributed by atoms with Crippen molar-refractivity contribution >= 4 is 41.9 Å². The minimum Gasteiger partial charge on any atom is -0.211 e. The van der Waals surface area contributed by atoms with E-state index >= 15 is 0 Å². The fourth-order valence-electron chi connectivity index (χ4n) is 2.14. The van der Waals surface area contributed by atoms with E-state index in [9.17, 15) is 8.42 Å². The molecule has 100 valence electrons. The highest BCUT2D eigenvalue weighted by atomic mass is 79.9. The Kier molecular flexibility index (Phi) is 4.86. The molecule has 1 aliphatic carbocycles. The predicted octanol–water partition coefficient (Wildman–Crippen LogP) is 3.29. The molecule has 1 aliphatic rings. The molecule has 1 N–H and O–H groups in total. The fraction of sp³-hybridized carbons (Fsp3) is 0.500. The average molecular weight is 397 g/mol. The summed E-state index contributed by atoms with van der Waals surface area (Å²) in [4.78, 5) is 0.750. The van der Waals surface area contributed by atoms with Crippen molar-refractivity contribution < 1.29 is 8.42 Å². The smallest absolute Gasteiger partial charge is 0.211 e. The van der Waals surface area contributed by atoms with Gasteiger partial charge >= 0.3 is 0 Å². The van der Waals surface area contributed by atoms with Gasteiger partial charge in [-0.3, -0.25) is 0 Å². The third-order valence-electron chi connectivity index (χ3n) is 3.23. The Morgan fingerprint density at radius 2 is 1.89 bits per heavy atom. The first-order chi connectivity index (χ1) is 8.49. The first-order valence-corrected chi connectivity index (χ1v) is 9.07. The quantitative estimate of drug-likeness (QED) is 0.793. The van der Waals surface area contributed by atoms with Crippen LogP contribution in [0.3, 0.4) is 0 Å². The number of hydrogen-bond donors (Lipinski definition) is 1. The van der Waals surface area contributed by atoms with Crippen molar-refractivity contribution in [2.45, 2.75) is 29.0 Å². The summed E-state index contributed by atoms with van der Waals surface area (Å²) in [5.74, 6) is 0.398. The van der Waals surface area contributed by atoms with Gasteiger partial charge in [-0.1, -0.05) is 38.3 Å². The second kappa shape index (κ2) is 6.03. The summed E-state index contributed by atoms with van der Waals surface area (Å²) in [7, 11) is -3.38. The highest BCUT2D eigenvalue weighted by molar-refractivity contribution is 9.10. The molecule has 1 fully saturated rings. The second-order valence-corrected chi connectivity index (χ2v) is 8.37.